The molecular weight excluding hydrogens is 300 g/mol. The molecule has 1 heterocycles. The van der Waals surface area contributed by atoms with Gasteiger partial charge in [-0.3, -0.25) is 0 Å². The summed E-state index contributed by atoms with van der Waals surface area (Å²) in [5.41, 5.74) is 4.23. The van der Waals surface area contributed by atoms with Crippen LogP contribution in [0.1, 0.15) is 49.8 Å². The maximum absolute atomic E-state index is 5.98. The van der Waals surface area contributed by atoms with Gasteiger partial charge in [0, 0.05) is 25.7 Å². The second-order valence-electron chi connectivity index (χ2n) is 6.35. The van der Waals surface area contributed by atoms with Gasteiger partial charge in [-0.05, 0) is 49.9 Å². The Hall–Kier alpha value is -1.54. The third kappa shape index (κ3) is 2.97. The molecule has 0 aliphatic rings. The van der Waals surface area contributed by atoms with E-state index in [9.17, 15) is 0 Å². The zero-order valence-electron chi connectivity index (χ0n) is 14.7. The van der Waals surface area contributed by atoms with Crippen molar-refractivity contribution in [2.45, 2.75) is 53.4 Å². The Bertz CT molecular complexity index is 829. The van der Waals surface area contributed by atoms with E-state index in [-0.39, 0.29) is 0 Å². The number of fused-ring (bicyclic) bond motifs is 3. The van der Waals surface area contributed by atoms with E-state index in [0.717, 1.165) is 18.8 Å². The van der Waals surface area contributed by atoms with Crippen LogP contribution in [0.5, 0.6) is 5.75 Å². The van der Waals surface area contributed by atoms with Crippen LogP contribution in [0.2, 0.25) is 0 Å². The molecule has 3 aromatic rings. The average molecular weight is 327 g/mol. The highest BCUT2D eigenvalue weighted by molar-refractivity contribution is 7.26. The fourth-order valence-electron chi connectivity index (χ4n) is 3.22. The monoisotopic (exact) mass is 326 g/mol. The number of hydrogen-bond acceptors (Lipinski definition) is 2. The molecule has 0 bridgehead atoms. The van der Waals surface area contributed by atoms with Crippen LogP contribution in [0.25, 0.3) is 20.2 Å². The van der Waals surface area contributed by atoms with Crippen molar-refractivity contribution in [3.8, 4) is 5.75 Å². The van der Waals surface area contributed by atoms with E-state index in [0.29, 0.717) is 0 Å². The highest BCUT2D eigenvalue weighted by Crippen LogP contribution is 2.41. The van der Waals surface area contributed by atoms with E-state index in [2.05, 4.69) is 52.0 Å². The van der Waals surface area contributed by atoms with Gasteiger partial charge in [-0.25, -0.2) is 0 Å². The molecule has 0 aliphatic carbocycles. The number of thiophene rings is 1. The summed E-state index contributed by atoms with van der Waals surface area (Å²) in [6.45, 7) is 9.73. The Balaban J connectivity index is 2.11. The molecule has 0 atom stereocenters. The third-order valence-corrected chi connectivity index (χ3v) is 6.10. The summed E-state index contributed by atoms with van der Waals surface area (Å²) in [6, 6.07) is 9.01. The molecule has 0 amide bonds. The van der Waals surface area contributed by atoms with Crippen LogP contribution in [-0.4, -0.2) is 6.61 Å². The van der Waals surface area contributed by atoms with Crippen molar-refractivity contribution in [2.75, 3.05) is 6.61 Å². The van der Waals surface area contributed by atoms with Crippen LogP contribution in [0, 0.1) is 13.8 Å². The Morgan fingerprint density at radius 2 is 1.57 bits per heavy atom. The zero-order valence-corrected chi connectivity index (χ0v) is 15.5. The summed E-state index contributed by atoms with van der Waals surface area (Å²) < 4.78 is 8.81. The van der Waals surface area contributed by atoms with Gasteiger partial charge in [0.1, 0.15) is 5.75 Å². The van der Waals surface area contributed by atoms with Crippen molar-refractivity contribution in [2.24, 2.45) is 0 Å². The Labute approximate surface area is 143 Å². The number of benzene rings is 2. The molecule has 1 nitrogen and oxygen atoms in total. The minimum absolute atomic E-state index is 0.813. The predicted molar refractivity (Wildman–Crippen MR) is 103 cm³/mol. The lowest BCUT2D eigenvalue weighted by atomic mass is 10.0. The summed E-state index contributed by atoms with van der Waals surface area (Å²) in [6.07, 6.45) is 4.65. The largest absolute Gasteiger partial charge is 0.493 e. The highest BCUT2D eigenvalue weighted by atomic mass is 32.1. The van der Waals surface area contributed by atoms with E-state index >= 15 is 0 Å². The fourth-order valence-corrected chi connectivity index (χ4v) is 4.54. The topological polar surface area (TPSA) is 9.23 Å². The first-order chi connectivity index (χ1) is 11.2. The first-order valence-electron chi connectivity index (χ1n) is 8.74. The Morgan fingerprint density at radius 1 is 0.870 bits per heavy atom. The molecule has 0 aliphatic heterocycles. The third-order valence-electron chi connectivity index (χ3n) is 4.64. The molecule has 3 rings (SSSR count). The van der Waals surface area contributed by atoms with Gasteiger partial charge in [-0.1, -0.05) is 38.8 Å². The van der Waals surface area contributed by atoms with Crippen LogP contribution in [-0.2, 0) is 6.42 Å². The van der Waals surface area contributed by atoms with E-state index in [1.54, 1.807) is 0 Å². The normalized spacial score (nSPS) is 11.5. The van der Waals surface area contributed by atoms with Crippen molar-refractivity contribution in [1.29, 1.82) is 0 Å². The van der Waals surface area contributed by atoms with Gasteiger partial charge < -0.3 is 4.74 Å². The quantitative estimate of drug-likeness (QED) is 0.452. The lowest BCUT2D eigenvalue weighted by molar-refractivity contribution is 0.308. The average Bonchev–Trinajstić information content (AvgIpc) is 2.93. The fraction of sp³-hybridized carbons (Fsp3) is 0.429. The van der Waals surface area contributed by atoms with E-state index < -0.39 is 0 Å². The highest BCUT2D eigenvalue weighted by Gasteiger charge is 2.13. The molecule has 2 aromatic carbocycles. The molecule has 0 saturated carbocycles. The molecule has 0 spiro atoms. The summed E-state index contributed by atoms with van der Waals surface area (Å²) >= 11 is 1.93. The lowest BCUT2D eigenvalue weighted by Crippen LogP contribution is -1.97. The maximum atomic E-state index is 5.98. The van der Waals surface area contributed by atoms with Crippen molar-refractivity contribution < 1.29 is 4.74 Å². The molecule has 0 unspecified atom stereocenters. The van der Waals surface area contributed by atoms with Gasteiger partial charge in [-0.15, -0.1) is 11.3 Å². The first-order valence-corrected chi connectivity index (χ1v) is 9.56. The Morgan fingerprint density at radius 3 is 2.26 bits per heavy atom. The van der Waals surface area contributed by atoms with Gasteiger partial charge in [0.2, 0.25) is 0 Å². The molecule has 0 fully saturated rings. The summed E-state index contributed by atoms with van der Waals surface area (Å²) in [4.78, 5) is 0. The number of ether oxygens (including phenoxy) is 1. The molecule has 0 N–H and O–H groups in total. The molecule has 0 saturated heterocycles. The second-order valence-corrected chi connectivity index (χ2v) is 7.37. The Kier molecular flexibility index (Phi) is 4.91. The number of hydrogen-bond donors (Lipinski definition) is 0. The standard InChI is InChI=1S/C21H26OS/c1-5-7-13-22-19-12-11-18-17-10-9-16(8-6-2)14(3)20(17)23-21(18)15(19)4/h9-12H,5-8,13H2,1-4H3. The van der Waals surface area contributed by atoms with Gasteiger partial charge in [0.25, 0.3) is 0 Å². The van der Waals surface area contributed by atoms with E-state index in [1.165, 1.54) is 56.1 Å². The van der Waals surface area contributed by atoms with Crippen molar-refractivity contribution in [3.05, 3.63) is 41.0 Å². The van der Waals surface area contributed by atoms with Crippen LogP contribution in [0.15, 0.2) is 24.3 Å². The summed E-state index contributed by atoms with van der Waals surface area (Å²) in [5.74, 6) is 1.05. The first kappa shape index (κ1) is 16.3. The van der Waals surface area contributed by atoms with Crippen LogP contribution in [0.4, 0.5) is 0 Å². The maximum Gasteiger partial charge on any atom is 0.123 e. The summed E-state index contributed by atoms with van der Waals surface area (Å²) in [7, 11) is 0. The molecule has 122 valence electrons. The minimum atomic E-state index is 0.813. The van der Waals surface area contributed by atoms with Crippen LogP contribution >= 0.6 is 11.3 Å². The zero-order chi connectivity index (χ0) is 16.4. The smallest absolute Gasteiger partial charge is 0.123 e. The van der Waals surface area contributed by atoms with Crippen LogP contribution < -0.4 is 4.74 Å². The van der Waals surface area contributed by atoms with Gasteiger partial charge in [-0.2, -0.15) is 0 Å². The molecule has 23 heavy (non-hydrogen) atoms. The molecule has 2 heteroatoms. The van der Waals surface area contributed by atoms with Crippen molar-refractivity contribution in [3.63, 3.8) is 0 Å². The van der Waals surface area contributed by atoms with Crippen molar-refractivity contribution in [1.82, 2.24) is 0 Å². The molecule has 0 radical (unpaired) electrons. The van der Waals surface area contributed by atoms with Gasteiger partial charge >= 0.3 is 0 Å². The second kappa shape index (κ2) is 6.92. The molecule has 1 aromatic heterocycles. The van der Waals surface area contributed by atoms with Gasteiger partial charge in [0.15, 0.2) is 0 Å². The minimum Gasteiger partial charge on any atom is -0.493 e. The van der Waals surface area contributed by atoms with Crippen molar-refractivity contribution >= 4 is 31.5 Å². The number of unbranched alkanes of at least 4 members (excludes halogenated alkanes) is 1. The van der Waals surface area contributed by atoms with Gasteiger partial charge in [0.05, 0.1) is 6.61 Å². The lowest BCUT2D eigenvalue weighted by Gasteiger charge is -2.09. The van der Waals surface area contributed by atoms with Crippen LogP contribution in [0.3, 0.4) is 0 Å². The summed E-state index contributed by atoms with van der Waals surface area (Å²) in [5, 5.41) is 2.77. The predicted octanol–water partition coefficient (Wildman–Crippen LogP) is 6.80. The number of aryl methyl sites for hydroxylation is 3. The van der Waals surface area contributed by atoms with E-state index in [4.69, 9.17) is 4.74 Å². The SMILES string of the molecule is CCCCOc1ccc2c(sc3c(C)c(CCC)ccc32)c1C. The number of rotatable bonds is 6. The van der Waals surface area contributed by atoms with E-state index in [1.807, 2.05) is 11.3 Å². The molecular formula is C21H26OS.